The Kier molecular flexibility index (Phi) is 3.63. The lowest BCUT2D eigenvalue weighted by Gasteiger charge is -2.07. The molecule has 0 spiro atoms. The van der Waals surface area contributed by atoms with Gasteiger partial charge in [0.25, 0.3) is 0 Å². The van der Waals surface area contributed by atoms with Crippen molar-refractivity contribution in [2.75, 3.05) is 7.11 Å². The summed E-state index contributed by atoms with van der Waals surface area (Å²) in [5.41, 5.74) is 2.18. The number of ether oxygens (including phenoxy) is 1. The third-order valence-electron chi connectivity index (χ3n) is 2.78. The number of benzene rings is 2. The van der Waals surface area contributed by atoms with E-state index in [0.717, 1.165) is 16.9 Å². The third-order valence-corrected chi connectivity index (χ3v) is 2.78. The Balaban J connectivity index is 2.31. The van der Waals surface area contributed by atoms with Crippen molar-refractivity contribution >= 4 is 5.97 Å². The van der Waals surface area contributed by atoms with Crippen LogP contribution in [0.15, 0.2) is 48.5 Å². The highest BCUT2D eigenvalue weighted by molar-refractivity contribution is 5.89. The molecular formula is C15H14O3. The number of aromatic carboxylic acids is 1. The van der Waals surface area contributed by atoms with Crippen molar-refractivity contribution < 1.29 is 14.6 Å². The van der Waals surface area contributed by atoms with Gasteiger partial charge in [0.15, 0.2) is 0 Å². The molecule has 1 N–H and O–H groups in total. The SMILES string of the molecule is COc1cccc(Cc2ccccc2C(=O)O)c1. The Labute approximate surface area is 106 Å². The highest BCUT2D eigenvalue weighted by atomic mass is 16.5. The Morgan fingerprint density at radius 2 is 1.94 bits per heavy atom. The molecule has 0 amide bonds. The minimum absolute atomic E-state index is 0.348. The van der Waals surface area contributed by atoms with Crippen LogP contribution < -0.4 is 4.74 Å². The summed E-state index contributed by atoms with van der Waals surface area (Å²) in [6.07, 6.45) is 0.583. The minimum Gasteiger partial charge on any atom is -0.497 e. The fourth-order valence-corrected chi connectivity index (χ4v) is 1.89. The first kappa shape index (κ1) is 12.2. The Bertz CT molecular complexity index is 561. The van der Waals surface area contributed by atoms with E-state index in [0.29, 0.717) is 12.0 Å². The van der Waals surface area contributed by atoms with Crippen molar-refractivity contribution in [3.8, 4) is 5.75 Å². The highest BCUT2D eigenvalue weighted by Gasteiger charge is 2.09. The molecule has 0 aliphatic rings. The first-order valence-electron chi connectivity index (χ1n) is 5.65. The number of rotatable bonds is 4. The van der Waals surface area contributed by atoms with Crippen LogP contribution in [0.25, 0.3) is 0 Å². The average molecular weight is 242 g/mol. The molecule has 0 heterocycles. The standard InChI is InChI=1S/C15H14O3/c1-18-13-7-4-5-11(10-13)9-12-6-2-3-8-14(12)15(16)17/h2-8,10H,9H2,1H3,(H,16,17). The molecule has 2 aromatic rings. The molecule has 3 nitrogen and oxygen atoms in total. The summed E-state index contributed by atoms with van der Waals surface area (Å²) in [6, 6.07) is 14.7. The second-order valence-electron chi connectivity index (χ2n) is 3.99. The summed E-state index contributed by atoms with van der Waals surface area (Å²) >= 11 is 0. The van der Waals surface area contributed by atoms with Gasteiger partial charge >= 0.3 is 5.97 Å². The lowest BCUT2D eigenvalue weighted by Crippen LogP contribution is -2.02. The van der Waals surface area contributed by atoms with Crippen molar-refractivity contribution in [3.05, 3.63) is 65.2 Å². The summed E-state index contributed by atoms with van der Waals surface area (Å²) in [6.45, 7) is 0. The molecule has 0 radical (unpaired) electrons. The van der Waals surface area contributed by atoms with Crippen LogP contribution in [0, 0.1) is 0 Å². The normalized spacial score (nSPS) is 10.1. The van der Waals surface area contributed by atoms with E-state index in [4.69, 9.17) is 9.84 Å². The van der Waals surface area contributed by atoms with Crippen LogP contribution in [0.1, 0.15) is 21.5 Å². The van der Waals surface area contributed by atoms with Gasteiger partial charge in [-0.3, -0.25) is 0 Å². The van der Waals surface area contributed by atoms with E-state index in [9.17, 15) is 4.79 Å². The molecule has 2 aromatic carbocycles. The van der Waals surface area contributed by atoms with Gasteiger partial charge in [-0.1, -0.05) is 30.3 Å². The smallest absolute Gasteiger partial charge is 0.335 e. The molecule has 0 fully saturated rings. The molecule has 3 heteroatoms. The van der Waals surface area contributed by atoms with Gasteiger partial charge < -0.3 is 9.84 Å². The molecule has 92 valence electrons. The molecule has 0 unspecified atom stereocenters. The van der Waals surface area contributed by atoms with Gasteiger partial charge in [-0.05, 0) is 35.7 Å². The largest absolute Gasteiger partial charge is 0.497 e. The van der Waals surface area contributed by atoms with Gasteiger partial charge in [0.1, 0.15) is 5.75 Å². The maximum atomic E-state index is 11.1. The van der Waals surface area contributed by atoms with Crippen molar-refractivity contribution in [1.82, 2.24) is 0 Å². The predicted molar refractivity (Wildman–Crippen MR) is 69.2 cm³/mol. The van der Waals surface area contributed by atoms with Crippen LogP contribution in [-0.4, -0.2) is 18.2 Å². The van der Waals surface area contributed by atoms with Crippen LogP contribution in [0.2, 0.25) is 0 Å². The molecule has 0 bridgehead atoms. The average Bonchev–Trinajstić information content (AvgIpc) is 2.39. The second kappa shape index (κ2) is 5.36. The third kappa shape index (κ3) is 2.69. The molecule has 0 aliphatic heterocycles. The van der Waals surface area contributed by atoms with Crippen molar-refractivity contribution in [2.24, 2.45) is 0 Å². The first-order valence-corrected chi connectivity index (χ1v) is 5.65. The molecule has 0 aromatic heterocycles. The van der Waals surface area contributed by atoms with Gasteiger partial charge in [-0.15, -0.1) is 0 Å². The topological polar surface area (TPSA) is 46.5 Å². The lowest BCUT2D eigenvalue weighted by molar-refractivity contribution is 0.0696. The molecule has 0 atom stereocenters. The van der Waals surface area contributed by atoms with E-state index < -0.39 is 5.97 Å². The number of carboxylic acids is 1. The number of methoxy groups -OCH3 is 1. The van der Waals surface area contributed by atoms with E-state index in [2.05, 4.69) is 0 Å². The lowest BCUT2D eigenvalue weighted by atomic mass is 10.00. The van der Waals surface area contributed by atoms with Gasteiger partial charge in [-0.25, -0.2) is 4.79 Å². The van der Waals surface area contributed by atoms with Gasteiger partial charge in [0.05, 0.1) is 12.7 Å². The maximum absolute atomic E-state index is 11.1. The summed E-state index contributed by atoms with van der Waals surface area (Å²) in [4.78, 5) is 11.1. The summed E-state index contributed by atoms with van der Waals surface area (Å²) in [7, 11) is 1.62. The Morgan fingerprint density at radius 3 is 2.67 bits per heavy atom. The molecule has 0 aliphatic carbocycles. The van der Waals surface area contributed by atoms with E-state index in [-0.39, 0.29) is 0 Å². The quantitative estimate of drug-likeness (QED) is 0.896. The van der Waals surface area contributed by atoms with Gasteiger partial charge in [-0.2, -0.15) is 0 Å². The zero-order valence-corrected chi connectivity index (χ0v) is 10.1. The number of hydrogen-bond donors (Lipinski definition) is 1. The number of carbonyl (C=O) groups is 1. The highest BCUT2D eigenvalue weighted by Crippen LogP contribution is 2.18. The second-order valence-corrected chi connectivity index (χ2v) is 3.99. The molecule has 18 heavy (non-hydrogen) atoms. The van der Waals surface area contributed by atoms with E-state index in [1.807, 2.05) is 36.4 Å². The van der Waals surface area contributed by atoms with Crippen LogP contribution >= 0.6 is 0 Å². The molecule has 0 saturated heterocycles. The maximum Gasteiger partial charge on any atom is 0.335 e. The fourth-order valence-electron chi connectivity index (χ4n) is 1.89. The van der Waals surface area contributed by atoms with Crippen LogP contribution in [0.4, 0.5) is 0 Å². The fraction of sp³-hybridized carbons (Fsp3) is 0.133. The minimum atomic E-state index is -0.895. The van der Waals surface area contributed by atoms with Crippen LogP contribution in [-0.2, 0) is 6.42 Å². The first-order chi connectivity index (χ1) is 8.70. The Morgan fingerprint density at radius 1 is 1.17 bits per heavy atom. The molecular weight excluding hydrogens is 228 g/mol. The predicted octanol–water partition coefficient (Wildman–Crippen LogP) is 2.98. The summed E-state index contributed by atoms with van der Waals surface area (Å²) < 4.78 is 5.15. The summed E-state index contributed by atoms with van der Waals surface area (Å²) in [5, 5.41) is 9.12. The van der Waals surface area contributed by atoms with E-state index >= 15 is 0 Å². The van der Waals surface area contributed by atoms with Crippen LogP contribution in [0.5, 0.6) is 5.75 Å². The van der Waals surface area contributed by atoms with Gasteiger partial charge in [0, 0.05) is 0 Å². The van der Waals surface area contributed by atoms with Crippen LogP contribution in [0.3, 0.4) is 0 Å². The van der Waals surface area contributed by atoms with Crippen molar-refractivity contribution in [3.63, 3.8) is 0 Å². The summed E-state index contributed by atoms with van der Waals surface area (Å²) in [5.74, 6) is -0.117. The van der Waals surface area contributed by atoms with E-state index in [1.54, 1.807) is 19.2 Å². The zero-order valence-electron chi connectivity index (χ0n) is 10.1. The number of carboxylic acid groups (broad SMARTS) is 1. The van der Waals surface area contributed by atoms with Crippen molar-refractivity contribution in [2.45, 2.75) is 6.42 Å². The monoisotopic (exact) mass is 242 g/mol. The van der Waals surface area contributed by atoms with Gasteiger partial charge in [0.2, 0.25) is 0 Å². The van der Waals surface area contributed by atoms with E-state index in [1.165, 1.54) is 0 Å². The molecule has 2 rings (SSSR count). The zero-order chi connectivity index (χ0) is 13.0. The number of hydrogen-bond acceptors (Lipinski definition) is 2. The van der Waals surface area contributed by atoms with Crippen molar-refractivity contribution in [1.29, 1.82) is 0 Å². The molecule has 0 saturated carbocycles. The Hall–Kier alpha value is -2.29.